The van der Waals surface area contributed by atoms with Crippen LogP contribution in [0.2, 0.25) is 0 Å². The van der Waals surface area contributed by atoms with Crippen LogP contribution in [0.25, 0.3) is 6.08 Å². The Balaban J connectivity index is 1.11. The van der Waals surface area contributed by atoms with E-state index < -0.39 is 108 Å². The van der Waals surface area contributed by atoms with E-state index in [1.54, 1.807) is 57.2 Å². The Morgan fingerprint density at radius 1 is 0.955 bits per heavy atom. The van der Waals surface area contributed by atoms with Crippen molar-refractivity contribution >= 4 is 35.8 Å². The van der Waals surface area contributed by atoms with Gasteiger partial charge in [-0.2, -0.15) is 18.2 Å². The van der Waals surface area contributed by atoms with E-state index in [1.165, 1.54) is 23.1 Å². The largest absolute Gasteiger partial charge is 0.460 e. The van der Waals surface area contributed by atoms with E-state index in [2.05, 4.69) is 10.1 Å². The zero-order valence-electron chi connectivity index (χ0n) is 37.5. The van der Waals surface area contributed by atoms with Gasteiger partial charge in [0.25, 0.3) is 0 Å². The summed E-state index contributed by atoms with van der Waals surface area (Å²) in [6, 6.07) is 20.1. The van der Waals surface area contributed by atoms with Crippen LogP contribution in [-0.2, 0) is 78.3 Å². The van der Waals surface area contributed by atoms with Crippen LogP contribution in [0.3, 0.4) is 0 Å². The van der Waals surface area contributed by atoms with Crippen molar-refractivity contribution in [1.29, 1.82) is 0 Å². The van der Waals surface area contributed by atoms with Crippen LogP contribution in [0, 0.1) is 5.41 Å². The van der Waals surface area contributed by atoms with Gasteiger partial charge in [0, 0.05) is 45.2 Å². The molecule has 3 saturated heterocycles. The van der Waals surface area contributed by atoms with Gasteiger partial charge in [0.2, 0.25) is 11.8 Å². The summed E-state index contributed by atoms with van der Waals surface area (Å²) < 4.78 is 67.4. The fourth-order valence-corrected chi connectivity index (χ4v) is 9.98. The molecule has 1 saturated carbocycles. The molecule has 2 N–H and O–H groups in total. The molecule has 2 amide bonds. The second-order valence-electron chi connectivity index (χ2n) is 18.9. The van der Waals surface area contributed by atoms with Gasteiger partial charge in [-0.05, 0) is 61.1 Å². The Labute approximate surface area is 385 Å². The number of rotatable bonds is 15. The highest BCUT2D eigenvalue weighted by Crippen LogP contribution is 2.59. The van der Waals surface area contributed by atoms with Crippen LogP contribution < -0.4 is 5.32 Å². The number of benzene rings is 3. The van der Waals surface area contributed by atoms with Crippen molar-refractivity contribution in [2.45, 2.75) is 126 Å². The third kappa shape index (κ3) is 10.3. The van der Waals surface area contributed by atoms with Crippen LogP contribution in [0.15, 0.2) is 84.9 Å². The first kappa shape index (κ1) is 47.8. The van der Waals surface area contributed by atoms with E-state index in [4.69, 9.17) is 23.8 Å². The molecule has 15 nitrogen and oxygen atoms in total. The first-order chi connectivity index (χ1) is 31.8. The Morgan fingerprint density at radius 2 is 1.63 bits per heavy atom. The summed E-state index contributed by atoms with van der Waals surface area (Å²) in [7, 11) is 1.49. The van der Waals surface area contributed by atoms with Crippen molar-refractivity contribution in [2.75, 3.05) is 20.3 Å². The normalized spacial score (nSPS) is 25.8. The summed E-state index contributed by atoms with van der Waals surface area (Å²) in [6.45, 7) is 2.87. The smallest absolute Gasteiger partial charge is 0.422 e. The van der Waals surface area contributed by atoms with Gasteiger partial charge >= 0.3 is 24.1 Å². The zero-order valence-corrected chi connectivity index (χ0v) is 37.5. The number of hydroxylamine groups is 2. The van der Waals surface area contributed by atoms with Gasteiger partial charge in [0.15, 0.2) is 18.4 Å². The van der Waals surface area contributed by atoms with Crippen molar-refractivity contribution in [3.05, 3.63) is 113 Å². The van der Waals surface area contributed by atoms with Crippen molar-refractivity contribution < 1.29 is 70.8 Å². The number of carbonyl (C=O) groups excluding carboxylic acids is 5. The Hall–Kier alpha value is -5.66. The molecule has 4 fully saturated rings. The molecular weight excluding hydrogens is 880 g/mol. The molecule has 3 heterocycles. The first-order valence-electron chi connectivity index (χ1n) is 22.3. The van der Waals surface area contributed by atoms with Crippen LogP contribution in [0.1, 0.15) is 67.9 Å². The Bertz CT molecular complexity index is 2370. The average molecular weight is 934 g/mol. The summed E-state index contributed by atoms with van der Waals surface area (Å²) in [5, 5.41) is 14.6. The number of aliphatic hydroxyl groups is 1. The summed E-state index contributed by atoms with van der Waals surface area (Å²) in [4.78, 5) is 77.6. The molecular formula is C49H54F3N3O12. The van der Waals surface area contributed by atoms with E-state index in [0.29, 0.717) is 24.0 Å². The fraction of sp³-hybridized carbons (Fsp3) is 0.490. The quantitative estimate of drug-likeness (QED) is 0.123. The van der Waals surface area contributed by atoms with Gasteiger partial charge in [-0.3, -0.25) is 24.0 Å². The number of fused-ring (bicyclic) bond motifs is 5. The van der Waals surface area contributed by atoms with Crippen molar-refractivity contribution in [2.24, 2.45) is 5.41 Å². The number of aliphatic hydroxyl groups excluding tert-OH is 1. The van der Waals surface area contributed by atoms with E-state index in [0.717, 1.165) is 22.8 Å². The molecule has 1 spiro atoms. The van der Waals surface area contributed by atoms with E-state index >= 15 is 4.79 Å². The fourth-order valence-electron chi connectivity index (χ4n) is 9.98. The monoisotopic (exact) mass is 933 g/mol. The maximum Gasteiger partial charge on any atom is 0.422 e. The van der Waals surface area contributed by atoms with Crippen molar-refractivity contribution in [3.8, 4) is 0 Å². The molecule has 0 aromatic heterocycles. The summed E-state index contributed by atoms with van der Waals surface area (Å²) in [5.41, 5.74) is 1.32. The number of alkyl halides is 3. The van der Waals surface area contributed by atoms with E-state index in [-0.39, 0.29) is 32.2 Å². The Kier molecular flexibility index (Phi) is 13.4. The second kappa shape index (κ2) is 18.8. The molecule has 8 rings (SSSR count). The van der Waals surface area contributed by atoms with E-state index in [1.807, 2.05) is 42.5 Å². The molecule has 3 aromatic rings. The van der Waals surface area contributed by atoms with Gasteiger partial charge in [0.05, 0.1) is 19.2 Å². The molecule has 5 aliphatic rings. The minimum atomic E-state index is -4.69. The van der Waals surface area contributed by atoms with Gasteiger partial charge < -0.3 is 39.0 Å². The lowest BCUT2D eigenvalue weighted by Crippen LogP contribution is -2.70. The molecule has 67 heavy (non-hydrogen) atoms. The highest BCUT2D eigenvalue weighted by atomic mass is 19.4. The lowest BCUT2D eigenvalue weighted by Gasteiger charge is -2.50. The summed E-state index contributed by atoms with van der Waals surface area (Å²) in [5.74, 6) is -4.79. The van der Waals surface area contributed by atoms with Crippen LogP contribution in [-0.4, -0.2) is 125 Å². The number of nitrogens with zero attached hydrogens (tertiary/aromatic N) is 2. The summed E-state index contributed by atoms with van der Waals surface area (Å²) in [6.07, 6.45) is -5.56. The number of carbonyl (C=O) groups is 5. The topological polar surface area (TPSA) is 179 Å². The highest BCUT2D eigenvalue weighted by Gasteiger charge is 2.77. The lowest BCUT2D eigenvalue weighted by molar-refractivity contribution is -0.218. The van der Waals surface area contributed by atoms with Gasteiger partial charge in [0.1, 0.15) is 41.5 Å². The number of nitrogens with one attached hydrogen (secondary N) is 1. The second-order valence-corrected chi connectivity index (χ2v) is 18.9. The number of hydrogen-bond acceptors (Lipinski definition) is 13. The third-order valence-electron chi connectivity index (χ3n) is 12.8. The zero-order chi connectivity index (χ0) is 47.9. The molecule has 358 valence electrons. The number of likely N-dealkylation sites (N-methyl/N-ethyl adjacent to an activating group) is 1. The predicted octanol–water partition coefficient (Wildman–Crippen LogP) is 4.55. The van der Waals surface area contributed by atoms with Crippen molar-refractivity contribution in [1.82, 2.24) is 15.3 Å². The highest BCUT2D eigenvalue weighted by molar-refractivity contribution is 5.96. The first-order valence-corrected chi connectivity index (χ1v) is 22.3. The number of amides is 2. The molecule has 0 radical (unpaired) electrons. The predicted molar refractivity (Wildman–Crippen MR) is 231 cm³/mol. The number of hydrogen-bond donors (Lipinski definition) is 2. The van der Waals surface area contributed by atoms with Crippen molar-refractivity contribution in [3.63, 3.8) is 0 Å². The minimum Gasteiger partial charge on any atom is -0.460 e. The molecule has 8 unspecified atom stereocenters. The Morgan fingerprint density at radius 3 is 2.30 bits per heavy atom. The van der Waals surface area contributed by atoms with Gasteiger partial charge in [-0.1, -0.05) is 78.9 Å². The number of esters is 3. The molecule has 2 aliphatic carbocycles. The number of ether oxygens (including phenoxy) is 5. The maximum atomic E-state index is 15.8. The number of halogens is 3. The average Bonchev–Trinajstić information content (AvgIpc) is 3.95. The van der Waals surface area contributed by atoms with E-state index in [9.17, 15) is 37.5 Å². The maximum absolute atomic E-state index is 15.8. The third-order valence-corrected chi connectivity index (χ3v) is 12.8. The van der Waals surface area contributed by atoms with Gasteiger partial charge in [-0.15, -0.1) is 0 Å². The molecule has 8 atom stereocenters. The molecule has 3 aromatic carbocycles. The van der Waals surface area contributed by atoms with Crippen LogP contribution in [0.5, 0.6) is 0 Å². The van der Waals surface area contributed by atoms with Crippen LogP contribution >= 0.6 is 0 Å². The standard InChI is InChI=1S/C49H54F3N3O12/c1-46(2,3)64-38(58)20-18-34(27-56)53-43(59)35(22-29-11-6-5-7-12-29)54(4)45(61)48-25-36-39-40(66-47(65-39)23-32-15-8-9-16-33(32)24-47)42(48)67-55(41(48)44(60)63-36)26-31-14-10-13-30(21-31)17-19-37(57)62-28-49(50,51)52/h5-17,19,21,34-36,39-42,56H,18,20,22-28H2,1-4H3,(H,53,59). The molecule has 18 heteroatoms. The summed E-state index contributed by atoms with van der Waals surface area (Å²) >= 11 is 0. The molecule has 2 bridgehead atoms. The lowest BCUT2D eigenvalue weighted by atomic mass is 9.62. The molecule has 3 aliphatic heterocycles. The minimum absolute atomic E-state index is 0.0417. The SMILES string of the molecule is CN(C(=O)C12CC3OC(=O)C1N(Cc1cccc(C=CC(=O)OCC(F)(F)F)c1)OC2C1OC2(Cc4ccccc4C2)OC31)C(Cc1ccccc1)C(=O)NC(CO)CCC(=O)OC(C)(C)C. The van der Waals surface area contributed by atoms with Gasteiger partial charge in [-0.25, -0.2) is 4.79 Å². The van der Waals surface area contributed by atoms with Crippen LogP contribution in [0.4, 0.5) is 13.2 Å².